The summed E-state index contributed by atoms with van der Waals surface area (Å²) in [5, 5.41) is 35.7. The number of carbonyl (C=O) groups excluding carboxylic acids is 3. The third-order valence-electron chi connectivity index (χ3n) is 19.8. The van der Waals surface area contributed by atoms with Crippen molar-refractivity contribution in [2.75, 3.05) is 111 Å². The Morgan fingerprint density at radius 2 is 0.961 bits per heavy atom. The van der Waals surface area contributed by atoms with Crippen molar-refractivity contribution in [2.24, 2.45) is 27.1 Å². The van der Waals surface area contributed by atoms with E-state index in [-0.39, 0.29) is 29.4 Å². The Morgan fingerprint density at radius 1 is 0.534 bits per heavy atom. The largest absolute Gasteiger partial charge is 0.493 e. The zero-order chi connectivity index (χ0) is 74.1. The molecule has 5 aromatic heterocycles. The highest BCUT2D eigenvalue weighted by Gasteiger charge is 2.41. The highest BCUT2D eigenvalue weighted by molar-refractivity contribution is 7.88. The van der Waals surface area contributed by atoms with Gasteiger partial charge in [0.2, 0.25) is 27.7 Å². The average Bonchev–Trinajstić information content (AvgIpc) is 1.76. The maximum atomic E-state index is 12.1. The maximum absolute atomic E-state index is 12.1. The van der Waals surface area contributed by atoms with Gasteiger partial charge in [-0.15, -0.1) is 0 Å². The van der Waals surface area contributed by atoms with Crippen LogP contribution in [0.5, 0.6) is 5.75 Å². The first-order valence-corrected chi connectivity index (χ1v) is 38.6. The van der Waals surface area contributed by atoms with Gasteiger partial charge in [0.1, 0.15) is 5.75 Å². The van der Waals surface area contributed by atoms with Crippen molar-refractivity contribution in [3.05, 3.63) is 117 Å². The molecule has 1 aliphatic carbocycles. The molecule has 0 radical (unpaired) electrons. The Bertz CT molecular complexity index is 4830. The monoisotopic (exact) mass is 1520 g/mol. The molecule has 552 valence electrons. The summed E-state index contributed by atoms with van der Waals surface area (Å²) in [5.74, 6) is 1.73. The molecule has 5 fully saturated rings. The summed E-state index contributed by atoms with van der Waals surface area (Å²) in [6.45, 7) is 27.3. The maximum Gasteiger partial charge on any atom is 0.225 e. The van der Waals surface area contributed by atoms with Gasteiger partial charge in [0.25, 0.3) is 0 Å². The molecular weight excluding hydrogens is 1430 g/mol. The fraction of sp³-hybridized carbons (Fsp3) is 0.479. The zero-order valence-electron chi connectivity index (χ0n) is 60.8. The van der Waals surface area contributed by atoms with Crippen molar-refractivity contribution in [3.8, 4) is 5.75 Å². The molecule has 15 rings (SSSR count). The van der Waals surface area contributed by atoms with Crippen LogP contribution in [0.15, 0.2) is 91.6 Å². The number of aryl methyl sites for hydroxylation is 3. The molecule has 5 aromatic carbocycles. The molecule has 103 heavy (non-hydrogen) atoms. The third-order valence-corrected chi connectivity index (χ3v) is 22.4. The number of ether oxygens (including phenoxy) is 1. The van der Waals surface area contributed by atoms with Gasteiger partial charge in [-0.2, -0.15) is 29.8 Å². The molecule has 9 heterocycles. The molecule has 3 amide bonds. The van der Waals surface area contributed by atoms with Crippen LogP contribution in [0.1, 0.15) is 88.0 Å². The number of nitrogens with zero attached hydrogens (tertiary/aromatic N) is 16. The molecule has 2 N–H and O–H groups in total. The van der Waals surface area contributed by atoms with E-state index >= 15 is 0 Å². The lowest BCUT2D eigenvalue weighted by Gasteiger charge is -2.47. The van der Waals surface area contributed by atoms with Gasteiger partial charge in [-0.25, -0.2) is 8.42 Å². The molecule has 2 atom stereocenters. The summed E-state index contributed by atoms with van der Waals surface area (Å²) in [4.78, 5) is 50.6. The van der Waals surface area contributed by atoms with Crippen LogP contribution in [0.3, 0.4) is 0 Å². The van der Waals surface area contributed by atoms with E-state index in [1.807, 2.05) is 146 Å². The number of hydrogen-bond acceptors (Lipinski definition) is 15. The predicted molar refractivity (Wildman–Crippen MR) is 416 cm³/mol. The van der Waals surface area contributed by atoms with Crippen LogP contribution >= 0.6 is 58.0 Å². The van der Waals surface area contributed by atoms with Crippen LogP contribution < -0.4 is 24.3 Å². The van der Waals surface area contributed by atoms with Crippen LogP contribution in [-0.2, 0) is 45.5 Å². The average molecular weight is 1530 g/mol. The fourth-order valence-corrected chi connectivity index (χ4v) is 17.3. The molecule has 10 aromatic rings. The molecule has 4 aliphatic heterocycles. The molecular formula is C73H93Cl5N18O6S. The van der Waals surface area contributed by atoms with Gasteiger partial charge < -0.3 is 39.0 Å². The molecule has 0 unspecified atom stereocenters. The number of nitrogens with one attached hydrogen (secondary N) is 2. The number of piperazine rings is 4. The van der Waals surface area contributed by atoms with Crippen molar-refractivity contribution >= 4 is 163 Å². The van der Waals surface area contributed by atoms with Crippen molar-refractivity contribution in [1.29, 1.82) is 0 Å². The van der Waals surface area contributed by atoms with E-state index in [4.69, 9.17) is 62.7 Å². The predicted octanol–water partition coefficient (Wildman–Crippen LogP) is 13.1. The quantitative estimate of drug-likeness (QED) is 0.121. The zero-order valence-corrected chi connectivity index (χ0v) is 65.4. The summed E-state index contributed by atoms with van der Waals surface area (Å²) >= 11 is 31.0. The number of aromatic amines is 2. The number of amides is 3. The van der Waals surface area contributed by atoms with E-state index in [1.54, 1.807) is 27.5 Å². The number of rotatable bonds is 10. The number of fused-ring (bicyclic) bond motifs is 5. The van der Waals surface area contributed by atoms with E-state index in [0.29, 0.717) is 56.6 Å². The number of halogens is 5. The van der Waals surface area contributed by atoms with Crippen molar-refractivity contribution in [1.82, 2.24) is 68.7 Å². The van der Waals surface area contributed by atoms with Gasteiger partial charge in [0.05, 0.1) is 82.4 Å². The highest BCUT2D eigenvalue weighted by Crippen LogP contribution is 2.39. The van der Waals surface area contributed by atoms with E-state index in [2.05, 4.69) is 89.9 Å². The summed E-state index contributed by atoms with van der Waals surface area (Å²) in [5.41, 5.74) is 8.46. The standard InChI is InChI=1S/C16H21ClN4O.C15H21ClN4O2S.C15H17ClN4O.C15H19ClN4O.C12H15ClN2O/c1-11(22)21-6-5-20(10-16(21,2)3)15-8-12(17)7-14-13(15)9-18-19(14)4;1-15(2)10-19(5-6-20(15)23(4,21)22)14-8-11(16)7-13-12(14)9-17-18(13)3;16-11-7-13-12(9-17-18-13)14(8-11)19-3-5-20(6-4-19)15(21)10-1-2-10;1-9-7-19(8-10(2)20(9)11(3)21)15-5-12(16)4-14-13(15)6-17-18-14;1-3-4-5-16-12-7-9(13)6-11-10(12)8-14-15(11)2/h7-9H,5-6,10H2,1-4H3;7-9H,5-6,10H2,1-4H3;7-10H,1-6H2,(H,17,18);4-6,9-10H,7-8H2,1-3H3,(H,17,18);6-8H,3-5H2,1-2H3/t;;;9-,10-;/m...1./s1. The van der Waals surface area contributed by atoms with Gasteiger partial charge in [-0.05, 0) is 121 Å². The lowest BCUT2D eigenvalue weighted by molar-refractivity contribution is -0.135. The lowest BCUT2D eigenvalue weighted by atomic mass is 9.97. The Morgan fingerprint density at radius 3 is 1.41 bits per heavy atom. The highest BCUT2D eigenvalue weighted by atomic mass is 35.5. The molecule has 0 bridgehead atoms. The first-order valence-electron chi connectivity index (χ1n) is 34.9. The number of aromatic nitrogens is 10. The molecule has 5 aliphatic rings. The molecule has 1 saturated carbocycles. The van der Waals surface area contributed by atoms with E-state index in [9.17, 15) is 22.8 Å². The minimum Gasteiger partial charge on any atom is -0.493 e. The second-order valence-corrected chi connectivity index (χ2v) is 32.7. The minimum absolute atomic E-state index is 0.127. The molecule has 0 spiro atoms. The SMILES string of the molecule is CC(=O)N1CCN(c2cc(Cl)cc3c2cnn3C)CC1(C)C.CC(=O)N1[C@H](C)CN(c2cc(Cl)cc3[nH]ncc23)C[C@H]1C.CCCCOc1cc(Cl)cc2c1cnn2C.Cn1ncc2c(N3CCN(S(C)(=O)=O)C(C)(C)C3)cc(Cl)cc21.O=C(C1CC1)N1CCN(c2cc(Cl)cc3[nH]ncc23)CC1. The summed E-state index contributed by atoms with van der Waals surface area (Å²) in [6, 6.07) is 19.6. The fourth-order valence-electron chi connectivity index (χ4n) is 14.9. The van der Waals surface area contributed by atoms with E-state index in [0.717, 1.165) is 174 Å². The lowest BCUT2D eigenvalue weighted by Crippen LogP contribution is -2.60. The summed E-state index contributed by atoms with van der Waals surface area (Å²) < 4.78 is 36.7. The Hall–Kier alpha value is -7.78. The number of unbranched alkanes of at least 4 members (excludes halogenated alkanes) is 1. The topological polar surface area (TPSA) is 231 Å². The Labute approximate surface area is 627 Å². The van der Waals surface area contributed by atoms with Gasteiger partial charge in [0, 0.05) is 206 Å². The second-order valence-electron chi connectivity index (χ2n) is 28.7. The summed E-state index contributed by atoms with van der Waals surface area (Å²) in [7, 11) is 2.48. The third kappa shape index (κ3) is 17.3. The number of H-pyrrole nitrogens is 2. The first-order chi connectivity index (χ1) is 48.8. The van der Waals surface area contributed by atoms with Crippen LogP contribution in [0.4, 0.5) is 22.7 Å². The van der Waals surface area contributed by atoms with E-state index in [1.165, 1.54) is 6.26 Å². The second kappa shape index (κ2) is 31.5. The Kier molecular flexibility index (Phi) is 23.4. The van der Waals surface area contributed by atoms with Crippen molar-refractivity contribution in [3.63, 3.8) is 0 Å². The number of hydrogen-bond donors (Lipinski definition) is 2. The van der Waals surface area contributed by atoms with Crippen LogP contribution in [0.2, 0.25) is 25.1 Å². The molecule has 4 saturated heterocycles. The van der Waals surface area contributed by atoms with Crippen molar-refractivity contribution < 1.29 is 27.5 Å². The van der Waals surface area contributed by atoms with Gasteiger partial charge in [-0.3, -0.25) is 38.6 Å². The summed E-state index contributed by atoms with van der Waals surface area (Å²) in [6.07, 6.45) is 14.8. The van der Waals surface area contributed by atoms with Crippen molar-refractivity contribution in [2.45, 2.75) is 111 Å². The first kappa shape index (κ1) is 76.4. The van der Waals surface area contributed by atoms with Crippen LogP contribution in [0, 0.1) is 5.92 Å². The minimum atomic E-state index is -3.22. The normalized spacial score (nSPS) is 18.5. The number of anilines is 4. The van der Waals surface area contributed by atoms with Crippen LogP contribution in [0.25, 0.3) is 54.5 Å². The van der Waals surface area contributed by atoms with Gasteiger partial charge in [0.15, 0.2) is 0 Å². The van der Waals surface area contributed by atoms with Gasteiger partial charge in [-0.1, -0.05) is 71.3 Å². The Balaban J connectivity index is 0.000000130. The molecule has 24 nitrogen and oxygen atoms in total. The number of carbonyl (C=O) groups is 3. The van der Waals surface area contributed by atoms with Crippen LogP contribution in [-0.4, -0.2) is 209 Å². The van der Waals surface area contributed by atoms with Gasteiger partial charge >= 0.3 is 0 Å². The number of sulfonamides is 1. The smallest absolute Gasteiger partial charge is 0.225 e. The van der Waals surface area contributed by atoms with E-state index < -0.39 is 15.6 Å². The number of benzene rings is 5. The molecule has 30 heteroatoms.